The maximum atomic E-state index is 13.0. The fourth-order valence-corrected chi connectivity index (χ4v) is 3.91. The second kappa shape index (κ2) is 11.7. The van der Waals surface area contributed by atoms with Crippen LogP contribution in [0.1, 0.15) is 37.8 Å². The van der Waals surface area contributed by atoms with Gasteiger partial charge in [-0.15, -0.1) is 0 Å². The van der Waals surface area contributed by atoms with E-state index in [1.165, 1.54) is 7.11 Å². The molecule has 1 aliphatic heterocycles. The van der Waals surface area contributed by atoms with Gasteiger partial charge in [0.1, 0.15) is 6.04 Å². The lowest BCUT2D eigenvalue weighted by molar-refractivity contribution is -0.145. The molecule has 0 bridgehead atoms. The van der Waals surface area contributed by atoms with Crippen LogP contribution >= 0.6 is 0 Å². The normalized spacial score (nSPS) is 14.1. The van der Waals surface area contributed by atoms with E-state index >= 15 is 0 Å². The number of amides is 1. The van der Waals surface area contributed by atoms with Gasteiger partial charge in [-0.1, -0.05) is 50.2 Å². The summed E-state index contributed by atoms with van der Waals surface area (Å²) in [5, 5.41) is 15.1. The van der Waals surface area contributed by atoms with E-state index in [4.69, 9.17) is 14.2 Å². The number of carbonyl (C=O) groups excluding carboxylic acids is 2. The quantitative estimate of drug-likeness (QED) is 0.393. The molecule has 2 aromatic carbocycles. The summed E-state index contributed by atoms with van der Waals surface area (Å²) in [6.07, 6.45) is 0.437. The number of fused-ring (bicyclic) bond motifs is 1. The third-order valence-electron chi connectivity index (χ3n) is 6.07. The van der Waals surface area contributed by atoms with E-state index in [1.54, 1.807) is 0 Å². The average Bonchev–Trinajstić information content (AvgIpc) is 3.31. The van der Waals surface area contributed by atoms with Gasteiger partial charge in [-0.2, -0.15) is 0 Å². The number of hydrogen-bond acceptors (Lipinski definition) is 7. The van der Waals surface area contributed by atoms with Gasteiger partial charge in [0.05, 0.1) is 19.6 Å². The predicted molar refractivity (Wildman–Crippen MR) is 128 cm³/mol. The lowest BCUT2D eigenvalue weighted by Gasteiger charge is -2.27. The Hall–Kier alpha value is -3.59. The van der Waals surface area contributed by atoms with Crippen LogP contribution in [0.3, 0.4) is 0 Å². The zero-order chi connectivity index (χ0) is 25.4. The van der Waals surface area contributed by atoms with Gasteiger partial charge in [0.15, 0.2) is 11.5 Å². The van der Waals surface area contributed by atoms with Crippen LogP contribution in [0.5, 0.6) is 11.5 Å². The molecular weight excluding hydrogens is 452 g/mol. The molecule has 0 radical (unpaired) electrons. The van der Waals surface area contributed by atoms with E-state index < -0.39 is 36.4 Å². The summed E-state index contributed by atoms with van der Waals surface area (Å²) in [4.78, 5) is 36.7. The molecule has 9 nitrogen and oxygen atoms in total. The molecule has 0 fully saturated rings. The van der Waals surface area contributed by atoms with Crippen molar-refractivity contribution < 1.29 is 33.7 Å². The molecule has 35 heavy (non-hydrogen) atoms. The number of carboxylic acid groups (broad SMARTS) is 1. The molecule has 1 aliphatic rings. The Morgan fingerprint density at radius 1 is 1.06 bits per heavy atom. The molecule has 1 heterocycles. The summed E-state index contributed by atoms with van der Waals surface area (Å²) in [6, 6.07) is 13.0. The van der Waals surface area contributed by atoms with Crippen LogP contribution in [0, 0.1) is 0 Å². The number of hydrogen-bond donors (Lipinski definition) is 3. The maximum absolute atomic E-state index is 13.0. The number of benzene rings is 2. The Morgan fingerprint density at radius 3 is 2.46 bits per heavy atom. The summed E-state index contributed by atoms with van der Waals surface area (Å²) < 4.78 is 15.7. The molecule has 3 rings (SSSR count). The molecule has 0 saturated heterocycles. The van der Waals surface area contributed by atoms with Gasteiger partial charge in [0.25, 0.3) is 0 Å². The van der Waals surface area contributed by atoms with Crippen LogP contribution in [0.25, 0.3) is 0 Å². The van der Waals surface area contributed by atoms with Crippen LogP contribution < -0.4 is 20.1 Å². The number of methoxy groups -OCH3 is 1. The van der Waals surface area contributed by atoms with E-state index in [2.05, 4.69) is 24.5 Å². The topological polar surface area (TPSA) is 123 Å². The molecule has 9 heteroatoms. The van der Waals surface area contributed by atoms with Crippen molar-refractivity contribution in [2.24, 2.45) is 0 Å². The summed E-state index contributed by atoms with van der Waals surface area (Å²) >= 11 is 0. The first-order chi connectivity index (χ1) is 16.7. The van der Waals surface area contributed by atoms with Gasteiger partial charge in [-0.3, -0.25) is 9.59 Å². The van der Waals surface area contributed by atoms with Crippen molar-refractivity contribution in [3.05, 3.63) is 59.7 Å². The third kappa shape index (κ3) is 7.19. The Morgan fingerprint density at radius 2 is 1.77 bits per heavy atom. The van der Waals surface area contributed by atoms with Gasteiger partial charge in [-0.25, -0.2) is 4.79 Å². The third-order valence-corrected chi connectivity index (χ3v) is 6.07. The summed E-state index contributed by atoms with van der Waals surface area (Å²) in [5.74, 6) is -0.888. The molecule has 0 saturated carbocycles. The van der Waals surface area contributed by atoms with Crippen molar-refractivity contribution in [2.75, 3.05) is 20.4 Å². The van der Waals surface area contributed by atoms with Crippen LogP contribution in [0.2, 0.25) is 0 Å². The molecule has 3 N–H and O–H groups in total. The van der Waals surface area contributed by atoms with Gasteiger partial charge in [0, 0.05) is 6.42 Å². The lowest BCUT2D eigenvalue weighted by atomic mass is 9.81. The Balaban J connectivity index is 1.63. The van der Waals surface area contributed by atoms with Crippen molar-refractivity contribution in [2.45, 2.75) is 50.6 Å². The number of nitrogens with one attached hydrogen (secondary N) is 2. The monoisotopic (exact) mass is 484 g/mol. The Bertz CT molecular complexity index is 1040. The molecule has 0 spiro atoms. The number of carbonyl (C=O) groups is 3. The molecule has 1 amide bonds. The van der Waals surface area contributed by atoms with Crippen LogP contribution in [-0.4, -0.2) is 55.5 Å². The fraction of sp³-hybridized carbons (Fsp3) is 0.423. The SMILES string of the molecule is COC(=O)[C@H](Cc1ccccc1)NC(=O)[C@H](CC(=O)O)NCCC(C)(C)c1ccc2c(c1)OCO2. The summed E-state index contributed by atoms with van der Waals surface area (Å²) in [5.41, 5.74) is 1.60. The lowest BCUT2D eigenvalue weighted by Crippen LogP contribution is -2.52. The number of aliphatic carboxylic acids is 1. The largest absolute Gasteiger partial charge is 0.481 e. The molecule has 188 valence electrons. The average molecular weight is 485 g/mol. The Labute approximate surface area is 204 Å². The van der Waals surface area contributed by atoms with E-state index in [0.717, 1.165) is 11.1 Å². The van der Waals surface area contributed by atoms with Crippen LogP contribution in [0.4, 0.5) is 0 Å². The second-order valence-corrected chi connectivity index (χ2v) is 9.08. The van der Waals surface area contributed by atoms with Crippen molar-refractivity contribution in [1.82, 2.24) is 10.6 Å². The van der Waals surface area contributed by atoms with Gasteiger partial charge in [0.2, 0.25) is 12.7 Å². The smallest absolute Gasteiger partial charge is 0.328 e. The van der Waals surface area contributed by atoms with Crippen molar-refractivity contribution in [3.8, 4) is 11.5 Å². The second-order valence-electron chi connectivity index (χ2n) is 9.08. The number of esters is 1. The molecule has 0 aliphatic carbocycles. The highest BCUT2D eigenvalue weighted by molar-refractivity contribution is 5.90. The van der Waals surface area contributed by atoms with Gasteiger partial charge in [-0.05, 0) is 41.6 Å². The number of ether oxygens (including phenoxy) is 3. The fourth-order valence-electron chi connectivity index (χ4n) is 3.91. The van der Waals surface area contributed by atoms with Crippen molar-refractivity contribution >= 4 is 17.8 Å². The van der Waals surface area contributed by atoms with Gasteiger partial charge >= 0.3 is 11.9 Å². The zero-order valence-corrected chi connectivity index (χ0v) is 20.2. The minimum atomic E-state index is -1.12. The van der Waals surface area contributed by atoms with Crippen LogP contribution in [0.15, 0.2) is 48.5 Å². The van der Waals surface area contributed by atoms with E-state index in [9.17, 15) is 19.5 Å². The molecule has 0 aromatic heterocycles. The van der Waals surface area contributed by atoms with Gasteiger partial charge < -0.3 is 30.0 Å². The maximum Gasteiger partial charge on any atom is 0.328 e. The van der Waals surface area contributed by atoms with Crippen molar-refractivity contribution in [3.63, 3.8) is 0 Å². The van der Waals surface area contributed by atoms with Crippen LogP contribution in [-0.2, 0) is 31.0 Å². The molecule has 2 atom stereocenters. The van der Waals surface area contributed by atoms with Crippen molar-refractivity contribution in [1.29, 1.82) is 0 Å². The minimum Gasteiger partial charge on any atom is -0.481 e. The standard InChI is InChI=1S/C26H32N2O7/c1-26(2,18-9-10-21-22(14-18)35-16-34-21)11-12-27-19(15-23(29)30)24(31)28-20(25(32)33-3)13-17-7-5-4-6-8-17/h4-10,14,19-20,27H,11-13,15-16H2,1-3H3,(H,28,31)(H,29,30)/t19-,20-/m0/s1. The number of carboxylic acids is 1. The zero-order valence-electron chi connectivity index (χ0n) is 20.2. The Kier molecular flexibility index (Phi) is 8.70. The highest BCUT2D eigenvalue weighted by atomic mass is 16.7. The summed E-state index contributed by atoms with van der Waals surface area (Å²) in [6.45, 7) is 4.70. The van der Waals surface area contributed by atoms with E-state index in [-0.39, 0.29) is 18.6 Å². The highest BCUT2D eigenvalue weighted by Crippen LogP contribution is 2.37. The number of rotatable bonds is 12. The molecule has 0 unspecified atom stereocenters. The first-order valence-corrected chi connectivity index (χ1v) is 11.5. The first-order valence-electron chi connectivity index (χ1n) is 11.5. The first kappa shape index (κ1) is 26.0. The molecule has 2 aromatic rings. The minimum absolute atomic E-state index is 0.198. The molecular formula is C26H32N2O7. The van der Waals surface area contributed by atoms with E-state index in [0.29, 0.717) is 24.5 Å². The predicted octanol–water partition coefficient (Wildman–Crippen LogP) is 2.42. The summed E-state index contributed by atoms with van der Waals surface area (Å²) in [7, 11) is 1.25. The highest BCUT2D eigenvalue weighted by Gasteiger charge is 2.29. The van der Waals surface area contributed by atoms with E-state index in [1.807, 2.05) is 48.5 Å².